The molecular weight excluding hydrogens is 182 g/mol. The molecule has 0 saturated heterocycles. The highest BCUT2D eigenvalue weighted by Gasteiger charge is 2.10. The molecule has 0 unspecified atom stereocenters. The Labute approximate surface area is 91.5 Å². The molecule has 1 heteroatoms. The Balaban J connectivity index is 2.52. The molecule has 0 heterocycles. The lowest BCUT2D eigenvalue weighted by Crippen LogP contribution is -2.33. The predicted molar refractivity (Wildman–Crippen MR) is 65.7 cm³/mol. The molecule has 0 radical (unpaired) electrons. The molecule has 0 N–H and O–H groups in total. The molecule has 15 heavy (non-hydrogen) atoms. The lowest BCUT2D eigenvalue weighted by Gasteiger charge is -2.24. The number of quaternary nitrogens is 1. The summed E-state index contributed by atoms with van der Waals surface area (Å²) in [4.78, 5) is 0. The number of fused-ring (bicyclic) bond motifs is 1. The van der Waals surface area contributed by atoms with Gasteiger partial charge in [-0.15, -0.1) is 0 Å². The van der Waals surface area contributed by atoms with E-state index in [1.54, 1.807) is 0 Å². The lowest BCUT2D eigenvalue weighted by atomic mass is 10.0. The van der Waals surface area contributed by atoms with Gasteiger partial charge in [0.25, 0.3) is 0 Å². The first kappa shape index (κ1) is 10.2. The van der Waals surface area contributed by atoms with E-state index in [0.717, 1.165) is 11.0 Å². The Kier molecular flexibility index (Phi) is 2.49. The van der Waals surface area contributed by atoms with Gasteiger partial charge < -0.3 is 4.48 Å². The number of hydrogen-bond donors (Lipinski definition) is 0. The van der Waals surface area contributed by atoms with Crippen LogP contribution in [0.25, 0.3) is 10.8 Å². The van der Waals surface area contributed by atoms with Gasteiger partial charge in [0, 0.05) is 5.56 Å². The van der Waals surface area contributed by atoms with Crippen molar-refractivity contribution in [3.05, 3.63) is 48.0 Å². The predicted octanol–water partition coefficient (Wildman–Crippen LogP) is 3.05. The lowest BCUT2D eigenvalue weighted by molar-refractivity contribution is -0.883. The minimum Gasteiger partial charge on any atom is -0.327 e. The van der Waals surface area contributed by atoms with Gasteiger partial charge in [0.2, 0.25) is 0 Å². The van der Waals surface area contributed by atoms with E-state index in [4.69, 9.17) is 0 Å². The first-order chi connectivity index (χ1) is 7.06. The van der Waals surface area contributed by atoms with E-state index in [-0.39, 0.29) is 0 Å². The van der Waals surface area contributed by atoms with E-state index in [2.05, 4.69) is 63.6 Å². The second-order valence-electron chi connectivity index (χ2n) is 5.09. The minimum atomic E-state index is 0.966. The molecule has 0 aliphatic rings. The summed E-state index contributed by atoms with van der Waals surface area (Å²) in [5, 5.41) is 2.72. The maximum atomic E-state index is 2.23. The fraction of sp³-hybridized carbons (Fsp3) is 0.286. The van der Waals surface area contributed by atoms with E-state index in [0.29, 0.717) is 0 Å². The normalized spacial score (nSPS) is 11.9. The summed E-state index contributed by atoms with van der Waals surface area (Å²) in [6.45, 7) is 1.07. The van der Waals surface area contributed by atoms with Crippen LogP contribution in [0.5, 0.6) is 0 Å². The van der Waals surface area contributed by atoms with Crippen molar-refractivity contribution in [2.45, 2.75) is 6.54 Å². The molecule has 1 nitrogen and oxygen atoms in total. The number of rotatable bonds is 2. The Morgan fingerprint density at radius 3 is 2.27 bits per heavy atom. The van der Waals surface area contributed by atoms with Crippen molar-refractivity contribution in [3.63, 3.8) is 0 Å². The van der Waals surface area contributed by atoms with Crippen LogP contribution in [-0.4, -0.2) is 25.6 Å². The summed E-state index contributed by atoms with van der Waals surface area (Å²) < 4.78 is 0.966. The zero-order chi connectivity index (χ0) is 10.9. The van der Waals surface area contributed by atoms with Crippen molar-refractivity contribution >= 4 is 10.8 Å². The molecule has 2 rings (SSSR count). The number of nitrogens with zero attached hydrogens (tertiary/aromatic N) is 1. The van der Waals surface area contributed by atoms with Crippen LogP contribution in [-0.2, 0) is 6.54 Å². The molecule has 78 valence electrons. The summed E-state index contributed by atoms with van der Waals surface area (Å²) in [6.07, 6.45) is 0. The Morgan fingerprint density at radius 2 is 1.53 bits per heavy atom. The van der Waals surface area contributed by atoms with E-state index in [1.807, 2.05) is 0 Å². The monoisotopic (exact) mass is 200 g/mol. The molecular formula is C14H18N+. The molecule has 0 amide bonds. The second kappa shape index (κ2) is 3.67. The number of hydrogen-bond acceptors (Lipinski definition) is 0. The highest BCUT2D eigenvalue weighted by Crippen LogP contribution is 2.20. The summed E-state index contributed by atoms with van der Waals surface area (Å²) in [6, 6.07) is 15.1. The van der Waals surface area contributed by atoms with Crippen molar-refractivity contribution in [2.75, 3.05) is 21.1 Å². The van der Waals surface area contributed by atoms with Gasteiger partial charge in [-0.3, -0.25) is 0 Å². The van der Waals surface area contributed by atoms with Gasteiger partial charge in [-0.05, 0) is 10.8 Å². The molecule has 0 saturated carbocycles. The summed E-state index contributed by atoms with van der Waals surface area (Å²) in [5.41, 5.74) is 1.43. The maximum absolute atomic E-state index is 2.23. The van der Waals surface area contributed by atoms with E-state index in [9.17, 15) is 0 Å². The van der Waals surface area contributed by atoms with Crippen LogP contribution in [0.3, 0.4) is 0 Å². The van der Waals surface area contributed by atoms with Gasteiger partial charge in [-0.2, -0.15) is 0 Å². The highest BCUT2D eigenvalue weighted by atomic mass is 15.3. The van der Waals surface area contributed by atoms with Gasteiger partial charge in [0.1, 0.15) is 6.54 Å². The van der Waals surface area contributed by atoms with Crippen molar-refractivity contribution in [2.24, 2.45) is 0 Å². The van der Waals surface area contributed by atoms with Crippen molar-refractivity contribution in [3.8, 4) is 0 Å². The van der Waals surface area contributed by atoms with Crippen LogP contribution in [0.2, 0.25) is 0 Å². The van der Waals surface area contributed by atoms with E-state index >= 15 is 0 Å². The molecule has 0 bridgehead atoms. The van der Waals surface area contributed by atoms with Crippen LogP contribution in [0.15, 0.2) is 42.5 Å². The van der Waals surface area contributed by atoms with Crippen LogP contribution in [0.4, 0.5) is 0 Å². The topological polar surface area (TPSA) is 0 Å². The van der Waals surface area contributed by atoms with Crippen LogP contribution in [0, 0.1) is 0 Å². The van der Waals surface area contributed by atoms with Crippen molar-refractivity contribution < 1.29 is 4.48 Å². The molecule has 0 aromatic heterocycles. The summed E-state index contributed by atoms with van der Waals surface area (Å²) >= 11 is 0. The van der Waals surface area contributed by atoms with E-state index in [1.165, 1.54) is 16.3 Å². The zero-order valence-corrected chi connectivity index (χ0v) is 9.70. The molecule has 0 fully saturated rings. The Hall–Kier alpha value is -1.34. The molecule has 0 aliphatic heterocycles. The van der Waals surface area contributed by atoms with Crippen molar-refractivity contribution in [1.82, 2.24) is 0 Å². The Bertz CT molecular complexity index is 461. The maximum Gasteiger partial charge on any atom is 0.104 e. The average Bonchev–Trinajstić information content (AvgIpc) is 2.16. The first-order valence-corrected chi connectivity index (χ1v) is 5.33. The summed E-state index contributed by atoms with van der Waals surface area (Å²) in [5.74, 6) is 0. The Morgan fingerprint density at radius 1 is 0.867 bits per heavy atom. The SMILES string of the molecule is C[N+](C)(C)Cc1cccc2ccccc12. The largest absolute Gasteiger partial charge is 0.327 e. The van der Waals surface area contributed by atoms with Crippen LogP contribution < -0.4 is 0 Å². The van der Waals surface area contributed by atoms with Crippen LogP contribution in [0.1, 0.15) is 5.56 Å². The molecule has 2 aromatic carbocycles. The van der Waals surface area contributed by atoms with Crippen molar-refractivity contribution in [1.29, 1.82) is 0 Å². The quantitative estimate of drug-likeness (QED) is 0.654. The zero-order valence-electron chi connectivity index (χ0n) is 9.70. The standard InChI is InChI=1S/C14H18N/c1-15(2,3)11-13-9-6-8-12-7-4-5-10-14(12)13/h4-10H,11H2,1-3H3/q+1. The highest BCUT2D eigenvalue weighted by molar-refractivity contribution is 5.85. The average molecular weight is 200 g/mol. The second-order valence-corrected chi connectivity index (χ2v) is 5.09. The minimum absolute atomic E-state index is 0.966. The molecule has 0 spiro atoms. The fourth-order valence-electron chi connectivity index (χ4n) is 1.94. The van der Waals surface area contributed by atoms with Gasteiger partial charge in [-0.25, -0.2) is 0 Å². The fourth-order valence-corrected chi connectivity index (χ4v) is 1.94. The van der Waals surface area contributed by atoms with Gasteiger partial charge in [0.05, 0.1) is 21.1 Å². The third kappa shape index (κ3) is 2.37. The van der Waals surface area contributed by atoms with Gasteiger partial charge >= 0.3 is 0 Å². The van der Waals surface area contributed by atoms with E-state index < -0.39 is 0 Å². The summed E-state index contributed by atoms with van der Waals surface area (Å²) in [7, 11) is 6.67. The first-order valence-electron chi connectivity index (χ1n) is 5.33. The smallest absolute Gasteiger partial charge is 0.104 e. The van der Waals surface area contributed by atoms with Gasteiger partial charge in [-0.1, -0.05) is 42.5 Å². The molecule has 2 aromatic rings. The third-order valence-corrected chi connectivity index (χ3v) is 2.52. The van der Waals surface area contributed by atoms with Gasteiger partial charge in [0.15, 0.2) is 0 Å². The number of benzene rings is 2. The molecule has 0 aliphatic carbocycles. The third-order valence-electron chi connectivity index (χ3n) is 2.52. The van der Waals surface area contributed by atoms with Crippen LogP contribution >= 0.6 is 0 Å². The molecule has 0 atom stereocenters.